The van der Waals surface area contributed by atoms with Gasteiger partial charge in [-0.1, -0.05) is 36.9 Å². The molecule has 3 heteroatoms. The fourth-order valence-electron chi connectivity index (χ4n) is 1.55. The molecule has 0 atom stereocenters. The summed E-state index contributed by atoms with van der Waals surface area (Å²) in [5.41, 5.74) is 1.30. The maximum absolute atomic E-state index is 11.1. The van der Waals surface area contributed by atoms with Gasteiger partial charge in [-0.15, -0.1) is 0 Å². The van der Waals surface area contributed by atoms with Crippen LogP contribution < -0.4 is 4.74 Å². The first-order valence-corrected chi connectivity index (χ1v) is 5.77. The van der Waals surface area contributed by atoms with Crippen molar-refractivity contribution in [3.8, 4) is 11.5 Å². The highest BCUT2D eigenvalue weighted by Gasteiger charge is 2.05. The van der Waals surface area contributed by atoms with E-state index < -0.39 is 5.24 Å². The first-order chi connectivity index (χ1) is 8.70. The predicted molar refractivity (Wildman–Crippen MR) is 73.2 cm³/mol. The second-order valence-corrected chi connectivity index (χ2v) is 3.99. The second kappa shape index (κ2) is 5.52. The Kier molecular flexibility index (Phi) is 3.80. The van der Waals surface area contributed by atoms with E-state index in [1.54, 1.807) is 30.3 Å². The molecule has 0 saturated carbocycles. The number of rotatable bonds is 4. The normalized spacial score (nSPS) is 9.83. The molecule has 90 valence electrons. The Bertz CT molecular complexity index is 591. The Morgan fingerprint density at radius 1 is 1.17 bits per heavy atom. The van der Waals surface area contributed by atoms with Crippen LogP contribution in [0.4, 0.5) is 0 Å². The van der Waals surface area contributed by atoms with Gasteiger partial charge in [0.2, 0.25) is 0 Å². The topological polar surface area (TPSA) is 26.3 Å². The predicted octanol–water partition coefficient (Wildman–Crippen LogP) is 4.50. The summed E-state index contributed by atoms with van der Waals surface area (Å²) in [4.78, 5) is 11.1. The van der Waals surface area contributed by atoms with Crippen molar-refractivity contribution >= 4 is 22.9 Å². The summed E-state index contributed by atoms with van der Waals surface area (Å²) >= 11 is 5.43. The third kappa shape index (κ3) is 2.79. The van der Waals surface area contributed by atoms with Crippen LogP contribution in [-0.4, -0.2) is 5.24 Å². The zero-order chi connectivity index (χ0) is 13.0. The Morgan fingerprint density at radius 2 is 1.94 bits per heavy atom. The van der Waals surface area contributed by atoms with Gasteiger partial charge in [-0.25, -0.2) is 0 Å². The zero-order valence-electron chi connectivity index (χ0n) is 9.60. The molecule has 18 heavy (non-hydrogen) atoms. The molecule has 2 rings (SSSR count). The Labute approximate surface area is 110 Å². The first-order valence-electron chi connectivity index (χ1n) is 5.40. The highest BCUT2D eigenvalue weighted by Crippen LogP contribution is 2.26. The van der Waals surface area contributed by atoms with Crippen molar-refractivity contribution in [3.63, 3.8) is 0 Å². The number of hydrogen-bond acceptors (Lipinski definition) is 2. The van der Waals surface area contributed by atoms with E-state index in [0.717, 1.165) is 5.56 Å². The molecule has 0 unspecified atom stereocenters. The van der Waals surface area contributed by atoms with Crippen LogP contribution >= 0.6 is 11.6 Å². The fraction of sp³-hybridized carbons (Fsp3) is 0. The minimum Gasteiger partial charge on any atom is -0.457 e. The third-order valence-electron chi connectivity index (χ3n) is 2.43. The van der Waals surface area contributed by atoms with Crippen LogP contribution in [0.15, 0.2) is 55.1 Å². The largest absolute Gasteiger partial charge is 0.457 e. The molecule has 2 nitrogen and oxygen atoms in total. The summed E-state index contributed by atoms with van der Waals surface area (Å²) in [6.07, 6.45) is 1.71. The minimum absolute atomic E-state index is 0.408. The molecule has 2 aromatic carbocycles. The fourth-order valence-corrected chi connectivity index (χ4v) is 1.67. The number of ether oxygens (including phenoxy) is 1. The van der Waals surface area contributed by atoms with E-state index in [-0.39, 0.29) is 0 Å². The quantitative estimate of drug-likeness (QED) is 0.755. The number of carbonyl (C=O) groups excluding carboxylic acids is 1. The monoisotopic (exact) mass is 258 g/mol. The summed E-state index contributed by atoms with van der Waals surface area (Å²) in [5, 5.41) is -0.502. The van der Waals surface area contributed by atoms with Gasteiger partial charge < -0.3 is 4.74 Å². The van der Waals surface area contributed by atoms with Crippen LogP contribution in [0.1, 0.15) is 15.9 Å². The van der Waals surface area contributed by atoms with Crippen molar-refractivity contribution in [2.45, 2.75) is 0 Å². The molecule has 0 aliphatic heterocycles. The zero-order valence-corrected chi connectivity index (χ0v) is 10.4. The van der Waals surface area contributed by atoms with Gasteiger partial charge in [0.05, 0.1) is 0 Å². The van der Waals surface area contributed by atoms with Crippen molar-refractivity contribution in [3.05, 3.63) is 66.2 Å². The summed E-state index contributed by atoms with van der Waals surface area (Å²) < 4.78 is 5.71. The lowest BCUT2D eigenvalue weighted by Gasteiger charge is -2.09. The lowest BCUT2D eigenvalue weighted by molar-refractivity contribution is 0.108. The highest BCUT2D eigenvalue weighted by atomic mass is 35.5. The SMILES string of the molecule is C=Cc1ccccc1Oc1cccc(C(=O)Cl)c1. The third-order valence-corrected chi connectivity index (χ3v) is 2.65. The summed E-state index contributed by atoms with van der Waals surface area (Å²) in [6.45, 7) is 3.72. The van der Waals surface area contributed by atoms with Gasteiger partial charge in [-0.2, -0.15) is 0 Å². The van der Waals surface area contributed by atoms with E-state index in [1.165, 1.54) is 0 Å². The number of benzene rings is 2. The van der Waals surface area contributed by atoms with Crippen LogP contribution in [0, 0.1) is 0 Å². The standard InChI is InChI=1S/C15H11ClO2/c1-2-11-6-3-4-9-14(11)18-13-8-5-7-12(10-13)15(16)17/h2-10H,1H2. The molecule has 0 aliphatic carbocycles. The van der Waals surface area contributed by atoms with Crippen LogP contribution in [0.5, 0.6) is 11.5 Å². The average molecular weight is 259 g/mol. The van der Waals surface area contributed by atoms with Crippen molar-refractivity contribution in [1.29, 1.82) is 0 Å². The van der Waals surface area contributed by atoms with E-state index in [0.29, 0.717) is 17.1 Å². The van der Waals surface area contributed by atoms with Gasteiger partial charge in [-0.3, -0.25) is 4.79 Å². The van der Waals surface area contributed by atoms with E-state index in [9.17, 15) is 4.79 Å². The van der Waals surface area contributed by atoms with Crippen LogP contribution in [0.3, 0.4) is 0 Å². The molecule has 0 bridgehead atoms. The first kappa shape index (κ1) is 12.4. The molecule has 0 aliphatic rings. The smallest absolute Gasteiger partial charge is 0.252 e. The molecule has 0 saturated heterocycles. The van der Waals surface area contributed by atoms with Crippen molar-refractivity contribution in [2.75, 3.05) is 0 Å². The molecule has 0 radical (unpaired) electrons. The average Bonchev–Trinajstić information content (AvgIpc) is 2.39. The Balaban J connectivity index is 2.31. The molecule has 2 aromatic rings. The number of para-hydroxylation sites is 1. The molecule has 0 aromatic heterocycles. The van der Waals surface area contributed by atoms with Crippen LogP contribution in [0.2, 0.25) is 0 Å². The molecule has 0 fully saturated rings. The number of halogens is 1. The van der Waals surface area contributed by atoms with Gasteiger partial charge in [-0.05, 0) is 35.9 Å². The molecular formula is C15H11ClO2. The van der Waals surface area contributed by atoms with E-state index in [2.05, 4.69) is 6.58 Å². The molecule has 0 heterocycles. The molecule has 0 N–H and O–H groups in total. The van der Waals surface area contributed by atoms with E-state index in [4.69, 9.17) is 16.3 Å². The Morgan fingerprint density at radius 3 is 2.67 bits per heavy atom. The lowest BCUT2D eigenvalue weighted by atomic mass is 10.2. The summed E-state index contributed by atoms with van der Waals surface area (Å²) in [7, 11) is 0. The maximum atomic E-state index is 11.1. The molecule has 0 amide bonds. The minimum atomic E-state index is -0.502. The van der Waals surface area contributed by atoms with Crippen LogP contribution in [-0.2, 0) is 0 Å². The van der Waals surface area contributed by atoms with Crippen LogP contribution in [0.25, 0.3) is 6.08 Å². The Hall–Kier alpha value is -2.06. The van der Waals surface area contributed by atoms with Gasteiger partial charge in [0.1, 0.15) is 11.5 Å². The van der Waals surface area contributed by atoms with Gasteiger partial charge in [0.15, 0.2) is 0 Å². The number of hydrogen-bond donors (Lipinski definition) is 0. The van der Waals surface area contributed by atoms with E-state index in [1.807, 2.05) is 24.3 Å². The second-order valence-electron chi connectivity index (χ2n) is 3.65. The summed E-state index contributed by atoms with van der Waals surface area (Å²) in [6, 6.07) is 14.3. The lowest BCUT2D eigenvalue weighted by Crippen LogP contribution is -1.91. The van der Waals surface area contributed by atoms with Crippen molar-refractivity contribution in [2.24, 2.45) is 0 Å². The van der Waals surface area contributed by atoms with Gasteiger partial charge in [0, 0.05) is 11.1 Å². The number of carbonyl (C=O) groups is 1. The van der Waals surface area contributed by atoms with E-state index >= 15 is 0 Å². The molecular weight excluding hydrogens is 248 g/mol. The maximum Gasteiger partial charge on any atom is 0.252 e. The molecule has 0 spiro atoms. The highest BCUT2D eigenvalue weighted by molar-refractivity contribution is 6.67. The van der Waals surface area contributed by atoms with Crippen molar-refractivity contribution in [1.82, 2.24) is 0 Å². The van der Waals surface area contributed by atoms with Gasteiger partial charge in [0.25, 0.3) is 5.24 Å². The van der Waals surface area contributed by atoms with Gasteiger partial charge >= 0.3 is 0 Å². The summed E-state index contributed by atoms with van der Waals surface area (Å²) in [5.74, 6) is 1.25. The van der Waals surface area contributed by atoms with Crippen molar-refractivity contribution < 1.29 is 9.53 Å².